The molecule has 13 nitrogen and oxygen atoms in total. The fraction of sp³-hybridized carbons (Fsp3) is 0.859. The molecule has 18 aliphatic rings. The molecule has 14 heteroatoms. The molecule has 5 saturated heterocycles. The maximum absolute atomic E-state index is 12.3. The molecule has 13 saturated carbocycles. The first kappa shape index (κ1) is 83.8. The maximum atomic E-state index is 12.3. The van der Waals surface area contributed by atoms with Gasteiger partial charge >= 0.3 is 23.9 Å². The van der Waals surface area contributed by atoms with Crippen molar-refractivity contribution < 1.29 is 62.6 Å². The van der Waals surface area contributed by atoms with Crippen LogP contribution in [-0.2, 0) is 52.4 Å². The number of hydrogen-bond donors (Lipinski definition) is 2. The zero-order valence-electron chi connectivity index (χ0n) is 63.9. The zero-order valence-corrected chi connectivity index (χ0v) is 65.5. The lowest BCUT2D eigenvalue weighted by Gasteiger charge is -2.50. The highest BCUT2D eigenvalue weighted by Gasteiger charge is 2.65. The molecule has 598 valence electrons. The van der Waals surface area contributed by atoms with Crippen molar-refractivity contribution in [2.24, 2.45) is 114 Å². The molecule has 5 spiro atoms. The van der Waals surface area contributed by atoms with E-state index in [0.717, 1.165) is 171 Å². The molecular formula is C92H145BrO13. The molecule has 0 aromatic heterocycles. The molecule has 0 amide bonds. The van der Waals surface area contributed by atoms with Crippen LogP contribution in [0.2, 0.25) is 0 Å². The zero-order chi connectivity index (χ0) is 71.7. The number of esters is 4. The third kappa shape index (κ3) is 15.4. The van der Waals surface area contributed by atoms with Crippen molar-refractivity contribution in [2.45, 2.75) is 371 Å². The number of ether oxygens (including phenoxy) is 6. The number of aliphatic hydroxyl groups is 2. The Balaban J connectivity index is 0.000000141. The smallest absolute Gasteiger partial charge is 0.312 e. The van der Waals surface area contributed by atoms with Gasteiger partial charge in [-0.15, -0.1) is 0 Å². The molecule has 0 bridgehead atoms. The van der Waals surface area contributed by atoms with E-state index in [1.807, 2.05) is 0 Å². The van der Waals surface area contributed by atoms with Crippen molar-refractivity contribution in [2.75, 3.05) is 13.2 Å². The summed E-state index contributed by atoms with van der Waals surface area (Å²) < 4.78 is 35.3. The second-order valence-corrected chi connectivity index (χ2v) is 40.0. The number of cyclic esters (lactones) is 4. The Morgan fingerprint density at radius 3 is 1.22 bits per heavy atom. The van der Waals surface area contributed by atoms with Crippen LogP contribution in [0.1, 0.15) is 329 Å². The number of carbonyl (C=O) groups excluding carboxylic acids is 5. The Morgan fingerprint density at radius 2 is 0.811 bits per heavy atom. The molecule has 0 radical (unpaired) electrons. The summed E-state index contributed by atoms with van der Waals surface area (Å²) in [6, 6.07) is 0. The summed E-state index contributed by atoms with van der Waals surface area (Å²) in [7, 11) is 0. The molecule has 5 aliphatic heterocycles. The van der Waals surface area contributed by atoms with Crippen LogP contribution in [-0.4, -0.2) is 95.5 Å². The third-order valence-corrected chi connectivity index (χ3v) is 34.0. The summed E-state index contributed by atoms with van der Waals surface area (Å²) in [5.41, 5.74) is 5.94. The van der Waals surface area contributed by atoms with Crippen LogP contribution in [0.25, 0.3) is 0 Å². The SMILES string of the molecule is C.C.C.C.C=C1/C(=C\C=C2/CCC[C@@]3(C)C2CC[C@@H]3[C@H](C)CC2CC3(CC3)C(=O)O2)C[C@@H](O)C[C@@H]1O.C[C@H](CC1CC2(CC2)C(=O)O1)[C@H]1CCC2/C(=C/Br)CCC[C@@]21C.C[C@H](CC1CC2(CC2)C(=O)O1)[C@H]1CCC2C(=O)CCC[C@@]21C.C[C@H](CC1CC2(CC2)C(=O)O1)[C@H]1CCC2C3(CCC[C@@]21C)OCCO3. The minimum absolute atomic E-state index is 0. The van der Waals surface area contributed by atoms with Crippen molar-refractivity contribution in [3.05, 3.63) is 46.0 Å². The van der Waals surface area contributed by atoms with Crippen LogP contribution in [0.5, 0.6) is 0 Å². The summed E-state index contributed by atoms with van der Waals surface area (Å²) in [4.78, 5) is 62.7. The van der Waals surface area contributed by atoms with E-state index >= 15 is 0 Å². The van der Waals surface area contributed by atoms with E-state index in [9.17, 15) is 34.2 Å². The standard InChI is InChI=1S/C28H40O4.C21H32O4.C20H29BrO2.C19H28O3.4CH4/c1-17(13-22-16-28(11-12-28)26(31)32-22)23-8-9-24-19(5-4-10-27(23,24)3)6-7-20-14-21(29)15-25(30)18(20)2;1-14(12-15-13-20(8-9-20)18(22)25-15)16-4-5-17-19(16,2)6-3-7-21(17)23-10-11-24-21;1-13(10-15-11-20(8-9-20)18(22)23-15)16-5-6-17-14(12-21)4-3-7-19(16,17)2;1-12(10-13-11-19(8-9-19)17(21)22-13)14-5-6-15-16(20)4-3-7-18(14,15)2;;;;/h6-7,17,21-25,29-30H,2,4-5,8-16H2,1,3H3;14-17H,3-13H2,1-2H3;12-13,15-17H,3-11H2,1-2H3;12-15H,3-11H2,1-2H3;4*1H4/b19-6+,20-7-;;14-12+;;;;;/t17-,21-,22?,23-,24?,25+,27-;14-,15?,16-,17?,19-;13-,15?,16-,17?,19-;12-,13?,14-,15?,18-;;;;/m1111..../s1. The molecule has 22 atom stereocenters. The highest BCUT2D eigenvalue weighted by molar-refractivity contribution is 9.11. The van der Waals surface area contributed by atoms with Crippen LogP contribution in [0, 0.1) is 114 Å². The van der Waals surface area contributed by atoms with Gasteiger partial charge in [-0.3, -0.25) is 24.0 Å². The molecule has 106 heavy (non-hydrogen) atoms. The van der Waals surface area contributed by atoms with Gasteiger partial charge in [-0.05, 0) is 296 Å². The van der Waals surface area contributed by atoms with E-state index in [1.165, 1.54) is 102 Å². The van der Waals surface area contributed by atoms with Crippen LogP contribution in [0.15, 0.2) is 46.0 Å². The number of aliphatic hydroxyl groups excluding tert-OH is 2. The van der Waals surface area contributed by atoms with Gasteiger partial charge in [0, 0.05) is 56.8 Å². The highest BCUT2D eigenvalue weighted by Crippen LogP contribution is 2.67. The molecule has 8 unspecified atom stereocenters. The Hall–Kier alpha value is -3.17. The van der Waals surface area contributed by atoms with Gasteiger partial charge in [0.2, 0.25) is 0 Å². The average Bonchev–Trinajstić information content (AvgIpc) is 1.55. The van der Waals surface area contributed by atoms with Gasteiger partial charge < -0.3 is 38.6 Å². The molecule has 0 aromatic carbocycles. The topological polar surface area (TPSA) is 181 Å². The average molecular weight is 1540 g/mol. The molecule has 18 rings (SSSR count). The second-order valence-electron chi connectivity index (χ2n) is 39.5. The van der Waals surface area contributed by atoms with E-state index in [0.29, 0.717) is 94.0 Å². The van der Waals surface area contributed by atoms with Crippen molar-refractivity contribution in [1.82, 2.24) is 0 Å². The van der Waals surface area contributed by atoms with Crippen molar-refractivity contribution in [3.63, 3.8) is 0 Å². The predicted molar refractivity (Wildman–Crippen MR) is 423 cm³/mol. The van der Waals surface area contributed by atoms with Crippen LogP contribution in [0.4, 0.5) is 0 Å². The minimum atomic E-state index is -0.629. The van der Waals surface area contributed by atoms with Crippen molar-refractivity contribution in [1.29, 1.82) is 0 Å². The van der Waals surface area contributed by atoms with Gasteiger partial charge in [-0.25, -0.2) is 0 Å². The number of Topliss-reactive ketones (excluding diaryl/α,β-unsaturated/α-hetero) is 1. The quantitative estimate of drug-likeness (QED) is 0.131. The number of carbonyl (C=O) groups is 5. The first-order valence-corrected chi connectivity index (χ1v) is 42.9. The van der Waals surface area contributed by atoms with Crippen LogP contribution >= 0.6 is 15.9 Å². The van der Waals surface area contributed by atoms with Gasteiger partial charge in [0.25, 0.3) is 0 Å². The molecule has 18 fully saturated rings. The highest BCUT2D eigenvalue weighted by atomic mass is 79.9. The maximum Gasteiger partial charge on any atom is 0.312 e. The normalized spacial score (nSPS) is 42.7. The lowest BCUT2D eigenvalue weighted by atomic mass is 9.60. The van der Waals surface area contributed by atoms with Crippen LogP contribution < -0.4 is 0 Å². The lowest BCUT2D eigenvalue weighted by molar-refractivity contribution is -0.241. The number of halogens is 1. The molecule has 5 heterocycles. The molecule has 13 aliphatic carbocycles. The van der Waals surface area contributed by atoms with Gasteiger partial charge in [0.15, 0.2) is 5.79 Å². The molecule has 0 aromatic rings. The fourth-order valence-electron chi connectivity index (χ4n) is 27.1. The first-order chi connectivity index (χ1) is 48.6. The number of ketones is 1. The number of fused-ring (bicyclic) bond motifs is 5. The summed E-state index contributed by atoms with van der Waals surface area (Å²) in [5.74, 6) is 7.88. The lowest BCUT2D eigenvalue weighted by Crippen LogP contribution is -2.51. The molecule has 2 N–H and O–H groups in total. The number of hydrogen-bond acceptors (Lipinski definition) is 13. The fourth-order valence-corrected chi connectivity index (χ4v) is 27.7. The number of rotatable bonds is 13. The Morgan fingerprint density at radius 1 is 0.453 bits per heavy atom. The van der Waals surface area contributed by atoms with E-state index in [1.54, 1.807) is 5.57 Å². The Bertz CT molecular complexity index is 3300. The monoisotopic (exact) mass is 1540 g/mol. The van der Waals surface area contributed by atoms with E-state index < -0.39 is 12.2 Å². The van der Waals surface area contributed by atoms with E-state index in [4.69, 9.17) is 28.4 Å². The minimum Gasteiger partial charge on any atom is -0.462 e. The summed E-state index contributed by atoms with van der Waals surface area (Å²) in [6.07, 6.45) is 45.4. The van der Waals surface area contributed by atoms with Gasteiger partial charge in [0.05, 0.1) is 47.1 Å². The Kier molecular flexibility index (Phi) is 25.0. The summed E-state index contributed by atoms with van der Waals surface area (Å²) in [5, 5.41) is 20.2. The van der Waals surface area contributed by atoms with Gasteiger partial charge in [-0.1, -0.05) is 131 Å². The predicted octanol–water partition coefficient (Wildman–Crippen LogP) is 21.4. The van der Waals surface area contributed by atoms with E-state index in [-0.39, 0.29) is 111 Å². The first-order valence-electron chi connectivity index (χ1n) is 42.0. The second kappa shape index (κ2) is 31.7. The summed E-state index contributed by atoms with van der Waals surface area (Å²) in [6.45, 7) is 25.0. The van der Waals surface area contributed by atoms with Crippen LogP contribution in [0.3, 0.4) is 0 Å². The number of allylic oxidation sites excluding steroid dienone is 4. The molecular weight excluding hydrogens is 1390 g/mol. The summed E-state index contributed by atoms with van der Waals surface area (Å²) >= 11 is 3.61. The van der Waals surface area contributed by atoms with Crippen molar-refractivity contribution in [3.8, 4) is 0 Å². The van der Waals surface area contributed by atoms with Gasteiger partial charge in [0.1, 0.15) is 30.2 Å². The van der Waals surface area contributed by atoms with Gasteiger partial charge in [-0.2, -0.15) is 0 Å². The largest absolute Gasteiger partial charge is 0.462 e. The van der Waals surface area contributed by atoms with Crippen molar-refractivity contribution >= 4 is 45.6 Å². The van der Waals surface area contributed by atoms with E-state index in [2.05, 4.69) is 95.0 Å². The Labute approximate surface area is 649 Å². The third-order valence-electron chi connectivity index (χ3n) is 33.4.